The number of benzene rings is 2. The quantitative estimate of drug-likeness (QED) is 0.281. The van der Waals surface area contributed by atoms with Gasteiger partial charge >= 0.3 is 6.36 Å². The Morgan fingerprint density at radius 2 is 1.97 bits per heavy atom. The van der Waals surface area contributed by atoms with E-state index in [1.165, 1.54) is 40.4 Å². The summed E-state index contributed by atoms with van der Waals surface area (Å²) in [5.74, 6) is -0.265. The highest BCUT2D eigenvalue weighted by atomic mass is 32.1. The molecule has 6 nitrogen and oxygen atoms in total. The predicted octanol–water partition coefficient (Wildman–Crippen LogP) is 5.26. The van der Waals surface area contributed by atoms with Crippen molar-refractivity contribution in [3.05, 3.63) is 53.7 Å². The number of aromatic amines is 1. The number of hydrogen-bond acceptors (Lipinski definition) is 6. The third-order valence-electron chi connectivity index (χ3n) is 4.70. The molecule has 2 heterocycles. The highest BCUT2D eigenvalue weighted by molar-refractivity contribution is 7.22. The SMILES string of the molecule is Nc1nc2ccc(OC(F)(F)F)cc2s1.ON=C1CCc2[nH]c3ccccc3c2C1. The van der Waals surface area contributed by atoms with Crippen LogP contribution in [0.5, 0.6) is 5.75 Å². The van der Waals surface area contributed by atoms with Crippen LogP contribution in [-0.2, 0) is 12.8 Å². The number of nitrogens with two attached hydrogens (primary N) is 1. The highest BCUT2D eigenvalue weighted by Gasteiger charge is 2.31. The molecule has 0 amide bonds. The first-order chi connectivity index (χ1) is 14.3. The Labute approximate surface area is 172 Å². The number of anilines is 1. The molecule has 2 aromatic heterocycles. The van der Waals surface area contributed by atoms with Crippen LogP contribution in [0.3, 0.4) is 0 Å². The molecular weight excluding hydrogens is 417 g/mol. The summed E-state index contributed by atoms with van der Waals surface area (Å²) in [6.45, 7) is 0. The second kappa shape index (κ2) is 7.86. The standard InChI is InChI=1S/C12H12N2O.C8H5F3N2OS/c15-14-8-5-6-12-10(7-8)9-3-1-2-4-11(9)13-12;9-8(10,11)14-4-1-2-5-6(3-4)15-7(12)13-5/h1-4,13,15H,5-7H2;1-3H,(H2,12,13). The Bertz CT molecular complexity index is 1230. The number of rotatable bonds is 1. The summed E-state index contributed by atoms with van der Waals surface area (Å²) in [6.07, 6.45) is -2.10. The van der Waals surface area contributed by atoms with Gasteiger partial charge in [0.15, 0.2) is 5.13 Å². The Balaban J connectivity index is 0.000000145. The zero-order valence-corrected chi connectivity index (χ0v) is 16.3. The van der Waals surface area contributed by atoms with Gasteiger partial charge in [-0.25, -0.2) is 4.98 Å². The number of nitrogen functional groups attached to an aromatic ring is 1. The van der Waals surface area contributed by atoms with Gasteiger partial charge in [-0.05, 0) is 36.6 Å². The Kier molecular flexibility index (Phi) is 5.25. The van der Waals surface area contributed by atoms with Gasteiger partial charge in [-0.1, -0.05) is 34.7 Å². The van der Waals surface area contributed by atoms with Gasteiger partial charge in [0.1, 0.15) is 5.75 Å². The van der Waals surface area contributed by atoms with Crippen LogP contribution in [-0.4, -0.2) is 27.2 Å². The topological polar surface area (TPSA) is 96.5 Å². The van der Waals surface area contributed by atoms with Gasteiger partial charge in [0, 0.05) is 29.1 Å². The maximum Gasteiger partial charge on any atom is 0.573 e. The zero-order valence-electron chi connectivity index (χ0n) is 15.5. The molecular formula is C20H17F3N4O2S. The third-order valence-corrected chi connectivity index (χ3v) is 5.55. The maximum atomic E-state index is 11.9. The highest BCUT2D eigenvalue weighted by Crippen LogP contribution is 2.30. The minimum atomic E-state index is -4.68. The molecule has 30 heavy (non-hydrogen) atoms. The lowest BCUT2D eigenvalue weighted by atomic mass is 9.94. The van der Waals surface area contributed by atoms with Crippen LogP contribution in [0.2, 0.25) is 0 Å². The van der Waals surface area contributed by atoms with Crippen LogP contribution in [0.4, 0.5) is 18.3 Å². The predicted molar refractivity (Wildman–Crippen MR) is 110 cm³/mol. The van der Waals surface area contributed by atoms with Gasteiger partial charge in [0.2, 0.25) is 0 Å². The number of H-pyrrole nitrogens is 1. The average Bonchev–Trinajstić information content (AvgIpc) is 3.25. The minimum Gasteiger partial charge on any atom is -0.411 e. The number of hydrogen-bond donors (Lipinski definition) is 3. The summed E-state index contributed by atoms with van der Waals surface area (Å²) >= 11 is 1.11. The molecule has 0 spiro atoms. The number of oxime groups is 1. The van der Waals surface area contributed by atoms with Gasteiger partial charge in [-0.2, -0.15) is 0 Å². The molecule has 0 saturated carbocycles. The van der Waals surface area contributed by atoms with E-state index in [-0.39, 0.29) is 5.75 Å². The molecule has 0 radical (unpaired) electrons. The Morgan fingerprint density at radius 1 is 1.17 bits per heavy atom. The molecule has 1 aliphatic carbocycles. The van der Waals surface area contributed by atoms with Crippen molar-refractivity contribution in [3.63, 3.8) is 0 Å². The first kappa shape index (κ1) is 20.0. The molecule has 0 aliphatic heterocycles. The van der Waals surface area contributed by atoms with Gasteiger partial charge in [-0.15, -0.1) is 13.2 Å². The van der Waals surface area contributed by atoms with Gasteiger partial charge in [-0.3, -0.25) is 0 Å². The first-order valence-electron chi connectivity index (χ1n) is 9.02. The largest absolute Gasteiger partial charge is 0.573 e. The average molecular weight is 434 g/mol. The van der Waals surface area contributed by atoms with E-state index in [0.717, 1.165) is 36.3 Å². The number of para-hydroxylation sites is 1. The van der Waals surface area contributed by atoms with Crippen LogP contribution >= 0.6 is 11.3 Å². The fourth-order valence-electron chi connectivity index (χ4n) is 3.44. The molecule has 0 bridgehead atoms. The molecule has 0 atom stereocenters. The number of ether oxygens (including phenoxy) is 1. The Hall–Kier alpha value is -3.27. The Morgan fingerprint density at radius 3 is 2.73 bits per heavy atom. The van der Waals surface area contributed by atoms with Crippen LogP contribution in [0, 0.1) is 0 Å². The lowest BCUT2D eigenvalue weighted by Gasteiger charge is -2.12. The molecule has 0 unspecified atom stereocenters. The van der Waals surface area contributed by atoms with E-state index >= 15 is 0 Å². The number of fused-ring (bicyclic) bond motifs is 4. The van der Waals surface area contributed by atoms with E-state index in [2.05, 4.69) is 32.0 Å². The molecule has 1 aliphatic rings. The number of aryl methyl sites for hydroxylation is 1. The van der Waals surface area contributed by atoms with Crippen molar-refractivity contribution in [1.82, 2.24) is 9.97 Å². The second-order valence-electron chi connectivity index (χ2n) is 6.70. The van der Waals surface area contributed by atoms with Crippen molar-refractivity contribution in [2.24, 2.45) is 5.16 Å². The van der Waals surface area contributed by atoms with E-state index in [4.69, 9.17) is 10.9 Å². The number of thiazole rings is 1. The third kappa shape index (κ3) is 4.33. The van der Waals surface area contributed by atoms with Crippen LogP contribution in [0.1, 0.15) is 17.7 Å². The lowest BCUT2D eigenvalue weighted by molar-refractivity contribution is -0.274. The van der Waals surface area contributed by atoms with Gasteiger partial charge < -0.3 is 20.7 Å². The number of halogens is 3. The zero-order chi connectivity index (χ0) is 21.3. The molecule has 10 heteroatoms. The van der Waals surface area contributed by atoms with E-state index in [1.54, 1.807) is 0 Å². The molecule has 0 fully saturated rings. The summed E-state index contributed by atoms with van der Waals surface area (Å²) in [7, 11) is 0. The summed E-state index contributed by atoms with van der Waals surface area (Å²) in [5, 5.41) is 13.7. The number of alkyl halides is 3. The van der Waals surface area contributed by atoms with Crippen molar-refractivity contribution < 1.29 is 23.1 Å². The summed E-state index contributed by atoms with van der Waals surface area (Å²) in [4.78, 5) is 7.33. The monoisotopic (exact) mass is 434 g/mol. The maximum absolute atomic E-state index is 11.9. The molecule has 4 aromatic rings. The van der Waals surface area contributed by atoms with E-state index in [1.807, 2.05) is 12.1 Å². The number of aromatic nitrogens is 2. The first-order valence-corrected chi connectivity index (χ1v) is 9.84. The van der Waals surface area contributed by atoms with Crippen molar-refractivity contribution in [2.75, 3.05) is 5.73 Å². The smallest absolute Gasteiger partial charge is 0.411 e. The second-order valence-corrected chi connectivity index (χ2v) is 7.76. The summed E-state index contributed by atoms with van der Waals surface area (Å²) < 4.78 is 40.0. The van der Waals surface area contributed by atoms with Crippen LogP contribution in [0.25, 0.3) is 21.1 Å². The molecule has 156 valence electrons. The van der Waals surface area contributed by atoms with Crippen LogP contribution in [0.15, 0.2) is 47.6 Å². The number of nitrogens with zero attached hydrogens (tertiary/aromatic N) is 2. The van der Waals surface area contributed by atoms with Crippen molar-refractivity contribution >= 4 is 43.3 Å². The summed E-state index contributed by atoms with van der Waals surface area (Å²) in [5.41, 5.74) is 10.6. The fraction of sp³-hybridized carbons (Fsp3) is 0.200. The molecule has 2 aromatic carbocycles. The minimum absolute atomic E-state index is 0.265. The fourth-order valence-corrected chi connectivity index (χ4v) is 4.20. The van der Waals surface area contributed by atoms with E-state index in [9.17, 15) is 13.2 Å². The van der Waals surface area contributed by atoms with E-state index in [0.29, 0.717) is 15.3 Å². The lowest BCUT2D eigenvalue weighted by Crippen LogP contribution is -2.16. The normalized spacial score (nSPS) is 15.1. The molecule has 5 rings (SSSR count). The van der Waals surface area contributed by atoms with Crippen LogP contribution < -0.4 is 10.5 Å². The number of nitrogens with one attached hydrogen (secondary N) is 1. The molecule has 0 saturated heterocycles. The van der Waals surface area contributed by atoms with E-state index < -0.39 is 6.36 Å². The van der Waals surface area contributed by atoms with Gasteiger partial charge in [0.05, 0.1) is 15.9 Å². The molecule has 4 N–H and O–H groups in total. The van der Waals surface area contributed by atoms with Crippen molar-refractivity contribution in [1.29, 1.82) is 0 Å². The van der Waals surface area contributed by atoms with Gasteiger partial charge in [0.25, 0.3) is 0 Å². The summed E-state index contributed by atoms with van der Waals surface area (Å²) in [6, 6.07) is 12.2. The van der Waals surface area contributed by atoms with Crippen molar-refractivity contribution in [3.8, 4) is 5.75 Å². The van der Waals surface area contributed by atoms with Crippen molar-refractivity contribution in [2.45, 2.75) is 25.6 Å².